The minimum atomic E-state index is 0. The Morgan fingerprint density at radius 2 is 1.60 bits per heavy atom. The van der Waals surface area contributed by atoms with Crippen LogP contribution in [0.2, 0.25) is 0 Å². The molecule has 0 saturated carbocycles. The monoisotopic (exact) mass is 396 g/mol. The Labute approximate surface area is 142 Å². The van der Waals surface area contributed by atoms with Crippen molar-refractivity contribution < 1.29 is 0 Å². The van der Waals surface area contributed by atoms with Crippen LogP contribution in [0.25, 0.3) is 0 Å². The van der Waals surface area contributed by atoms with Gasteiger partial charge in [0.1, 0.15) is 0 Å². The topological polar surface area (TPSA) is 39.7 Å². The number of rotatable bonds is 8. The fourth-order valence-electron chi connectivity index (χ4n) is 2.51. The van der Waals surface area contributed by atoms with Gasteiger partial charge in [0, 0.05) is 19.6 Å². The van der Waals surface area contributed by atoms with Crippen molar-refractivity contribution in [3.05, 3.63) is 0 Å². The van der Waals surface area contributed by atoms with Crippen LogP contribution < -0.4 is 10.6 Å². The molecule has 0 unspecified atom stereocenters. The Bertz CT molecular complexity index is 232. The third kappa shape index (κ3) is 9.80. The summed E-state index contributed by atoms with van der Waals surface area (Å²) >= 11 is 0. The molecular weight excluding hydrogens is 363 g/mol. The molecule has 0 aliphatic carbocycles. The second-order valence-electron chi connectivity index (χ2n) is 5.25. The molecule has 0 spiro atoms. The summed E-state index contributed by atoms with van der Waals surface area (Å²) in [5, 5.41) is 6.51. The Morgan fingerprint density at radius 3 is 2.20 bits per heavy atom. The summed E-state index contributed by atoms with van der Waals surface area (Å²) in [5.74, 6) is 0.959. The van der Waals surface area contributed by atoms with E-state index < -0.39 is 0 Å². The van der Waals surface area contributed by atoms with Gasteiger partial charge in [-0.3, -0.25) is 4.99 Å². The van der Waals surface area contributed by atoms with Crippen LogP contribution in [-0.2, 0) is 0 Å². The number of likely N-dealkylation sites (tertiary alicyclic amines) is 1. The average Bonchev–Trinajstić information content (AvgIpc) is 2.44. The Balaban J connectivity index is 0.00000361. The number of aliphatic imine (C=N–C) groups is 1. The molecule has 20 heavy (non-hydrogen) atoms. The summed E-state index contributed by atoms with van der Waals surface area (Å²) in [4.78, 5) is 7.19. The number of piperidine rings is 1. The molecule has 1 heterocycles. The molecule has 1 fully saturated rings. The molecule has 1 aliphatic heterocycles. The van der Waals surface area contributed by atoms with E-state index in [0.717, 1.165) is 25.6 Å². The number of hydrogen-bond donors (Lipinski definition) is 2. The van der Waals surface area contributed by atoms with Crippen molar-refractivity contribution in [2.75, 3.05) is 39.3 Å². The molecule has 0 aromatic carbocycles. The normalized spacial score (nSPS) is 15.3. The van der Waals surface area contributed by atoms with Crippen LogP contribution in [0.5, 0.6) is 0 Å². The van der Waals surface area contributed by atoms with E-state index in [-0.39, 0.29) is 24.0 Å². The molecule has 2 N–H and O–H groups in total. The van der Waals surface area contributed by atoms with E-state index >= 15 is 0 Å². The molecule has 0 bridgehead atoms. The Hall–Kier alpha value is -0.0400. The fraction of sp³-hybridized carbons (Fsp3) is 0.933. The molecular formula is C15H33IN4. The maximum Gasteiger partial charge on any atom is 0.191 e. The van der Waals surface area contributed by atoms with Crippen LogP contribution in [0.1, 0.15) is 52.4 Å². The van der Waals surface area contributed by atoms with Crippen LogP contribution in [0, 0.1) is 0 Å². The number of nitrogens with zero attached hydrogens (tertiary/aromatic N) is 2. The highest BCUT2D eigenvalue weighted by Crippen LogP contribution is 2.09. The summed E-state index contributed by atoms with van der Waals surface area (Å²) in [7, 11) is 0. The Kier molecular flexibility index (Phi) is 13.9. The molecule has 0 aromatic heterocycles. The molecule has 0 radical (unpaired) electrons. The van der Waals surface area contributed by atoms with Crippen molar-refractivity contribution >= 4 is 29.9 Å². The predicted octanol–water partition coefficient (Wildman–Crippen LogP) is 2.84. The van der Waals surface area contributed by atoms with E-state index in [1.54, 1.807) is 0 Å². The maximum absolute atomic E-state index is 4.57. The first-order valence-corrected chi connectivity index (χ1v) is 8.11. The number of unbranched alkanes of at least 4 members (excludes halogenated alkanes) is 2. The average molecular weight is 396 g/mol. The standard InChI is InChI=1S/C15H32N4.HI/c1-3-16-15(17-4-2)18-11-7-5-8-12-19-13-9-6-10-14-19;/h3-14H2,1-2H3,(H2,16,17,18);1H. The van der Waals surface area contributed by atoms with Crippen molar-refractivity contribution in [3.8, 4) is 0 Å². The lowest BCUT2D eigenvalue weighted by Gasteiger charge is -2.26. The first-order valence-electron chi connectivity index (χ1n) is 8.11. The van der Waals surface area contributed by atoms with Gasteiger partial charge in [-0.05, 0) is 59.2 Å². The largest absolute Gasteiger partial charge is 0.357 e. The van der Waals surface area contributed by atoms with E-state index in [4.69, 9.17) is 0 Å². The van der Waals surface area contributed by atoms with Crippen molar-refractivity contribution in [1.29, 1.82) is 0 Å². The van der Waals surface area contributed by atoms with Crippen molar-refractivity contribution in [1.82, 2.24) is 15.5 Å². The summed E-state index contributed by atoms with van der Waals surface area (Å²) < 4.78 is 0. The van der Waals surface area contributed by atoms with Gasteiger partial charge in [0.15, 0.2) is 5.96 Å². The van der Waals surface area contributed by atoms with Gasteiger partial charge in [0.25, 0.3) is 0 Å². The zero-order chi connectivity index (χ0) is 13.8. The lowest BCUT2D eigenvalue weighted by molar-refractivity contribution is 0.224. The minimum Gasteiger partial charge on any atom is -0.357 e. The first kappa shape index (κ1) is 20.0. The predicted molar refractivity (Wildman–Crippen MR) is 99.2 cm³/mol. The van der Waals surface area contributed by atoms with Gasteiger partial charge in [-0.2, -0.15) is 0 Å². The summed E-state index contributed by atoms with van der Waals surface area (Å²) in [6.45, 7) is 10.9. The van der Waals surface area contributed by atoms with Gasteiger partial charge in [-0.1, -0.05) is 12.8 Å². The molecule has 5 heteroatoms. The van der Waals surface area contributed by atoms with E-state index in [1.807, 2.05) is 0 Å². The summed E-state index contributed by atoms with van der Waals surface area (Å²) in [6.07, 6.45) is 8.06. The smallest absolute Gasteiger partial charge is 0.191 e. The first-order chi connectivity index (χ1) is 9.36. The number of hydrogen-bond acceptors (Lipinski definition) is 2. The third-order valence-electron chi connectivity index (χ3n) is 3.54. The second kappa shape index (κ2) is 13.9. The SMILES string of the molecule is CCNC(=NCCCCCN1CCCCC1)NCC.I. The summed E-state index contributed by atoms with van der Waals surface area (Å²) in [6, 6.07) is 0. The maximum atomic E-state index is 4.57. The van der Waals surface area contributed by atoms with Gasteiger partial charge < -0.3 is 15.5 Å². The van der Waals surface area contributed by atoms with Crippen molar-refractivity contribution in [3.63, 3.8) is 0 Å². The van der Waals surface area contributed by atoms with Crippen molar-refractivity contribution in [2.24, 2.45) is 4.99 Å². The number of nitrogens with one attached hydrogen (secondary N) is 2. The van der Waals surface area contributed by atoms with Gasteiger partial charge in [-0.15, -0.1) is 24.0 Å². The van der Waals surface area contributed by atoms with Gasteiger partial charge >= 0.3 is 0 Å². The van der Waals surface area contributed by atoms with Gasteiger partial charge in [-0.25, -0.2) is 0 Å². The van der Waals surface area contributed by atoms with E-state index in [9.17, 15) is 0 Å². The molecule has 1 aliphatic rings. The number of guanidine groups is 1. The van der Waals surface area contributed by atoms with Crippen LogP contribution in [-0.4, -0.2) is 50.1 Å². The number of halogens is 1. The van der Waals surface area contributed by atoms with Crippen LogP contribution in [0.4, 0.5) is 0 Å². The molecule has 4 nitrogen and oxygen atoms in total. The van der Waals surface area contributed by atoms with Gasteiger partial charge in [0.2, 0.25) is 0 Å². The molecule has 0 aromatic rings. The van der Waals surface area contributed by atoms with Gasteiger partial charge in [0.05, 0.1) is 0 Å². The minimum absolute atomic E-state index is 0. The van der Waals surface area contributed by atoms with Crippen molar-refractivity contribution in [2.45, 2.75) is 52.4 Å². The fourth-order valence-corrected chi connectivity index (χ4v) is 2.51. The zero-order valence-electron chi connectivity index (χ0n) is 13.3. The Morgan fingerprint density at radius 1 is 0.950 bits per heavy atom. The van der Waals surface area contributed by atoms with E-state index in [1.165, 1.54) is 58.2 Å². The highest BCUT2D eigenvalue weighted by Gasteiger charge is 2.08. The quantitative estimate of drug-likeness (QED) is 0.287. The lowest BCUT2D eigenvalue weighted by atomic mass is 10.1. The zero-order valence-corrected chi connectivity index (χ0v) is 15.6. The van der Waals surface area contributed by atoms with Crippen LogP contribution >= 0.6 is 24.0 Å². The van der Waals surface area contributed by atoms with E-state index in [0.29, 0.717) is 0 Å². The van der Waals surface area contributed by atoms with E-state index in [2.05, 4.69) is 34.4 Å². The molecule has 0 amide bonds. The van der Waals surface area contributed by atoms with Crippen LogP contribution in [0.15, 0.2) is 4.99 Å². The molecule has 1 saturated heterocycles. The lowest BCUT2D eigenvalue weighted by Crippen LogP contribution is -2.37. The highest BCUT2D eigenvalue weighted by molar-refractivity contribution is 14.0. The molecule has 1 rings (SSSR count). The third-order valence-corrected chi connectivity index (χ3v) is 3.54. The second-order valence-corrected chi connectivity index (χ2v) is 5.25. The summed E-state index contributed by atoms with van der Waals surface area (Å²) in [5.41, 5.74) is 0. The van der Waals surface area contributed by atoms with Crippen LogP contribution in [0.3, 0.4) is 0 Å². The molecule has 0 atom stereocenters. The highest BCUT2D eigenvalue weighted by atomic mass is 127. The molecule has 120 valence electrons.